The highest BCUT2D eigenvalue weighted by atomic mass is 15.1. The molecule has 0 amide bonds. The van der Waals surface area contributed by atoms with Gasteiger partial charge in [-0.25, -0.2) is 0 Å². The van der Waals surface area contributed by atoms with Gasteiger partial charge in [0, 0.05) is 35.4 Å². The summed E-state index contributed by atoms with van der Waals surface area (Å²) in [6.07, 6.45) is 1.89. The van der Waals surface area contributed by atoms with E-state index in [4.69, 9.17) is 0 Å². The molecule has 1 aromatic heterocycles. The van der Waals surface area contributed by atoms with E-state index in [0.717, 1.165) is 28.0 Å². The highest BCUT2D eigenvalue weighted by molar-refractivity contribution is 5.94. The summed E-state index contributed by atoms with van der Waals surface area (Å²) in [6, 6.07) is 8.16. The average Bonchev–Trinajstić information content (AvgIpc) is 2.29. The number of hydrogen-bond acceptors (Lipinski definition) is 3. The van der Waals surface area contributed by atoms with Crippen LogP contribution in [0, 0.1) is 6.92 Å². The first-order valence-electron chi connectivity index (χ1n) is 5.20. The maximum absolute atomic E-state index is 4.28. The predicted octanol–water partition coefficient (Wildman–Crippen LogP) is 2.65. The smallest absolute Gasteiger partial charge is 0.0954 e. The highest BCUT2D eigenvalue weighted by Gasteiger charge is 2.01. The van der Waals surface area contributed by atoms with Crippen LogP contribution in [-0.2, 0) is 0 Å². The average molecular weight is 213 g/mol. The van der Waals surface area contributed by atoms with Crippen molar-refractivity contribution < 1.29 is 0 Å². The fourth-order valence-electron chi connectivity index (χ4n) is 1.61. The van der Waals surface area contributed by atoms with E-state index in [1.807, 2.05) is 32.3 Å². The molecule has 1 heterocycles. The molecule has 0 atom stereocenters. The summed E-state index contributed by atoms with van der Waals surface area (Å²) in [5.41, 5.74) is 2.05. The zero-order valence-corrected chi connectivity index (χ0v) is 9.54. The Kier molecular flexibility index (Phi) is 2.77. The number of hydrogen-bond donors (Lipinski definition) is 2. The summed E-state index contributed by atoms with van der Waals surface area (Å²) in [6.45, 7) is 5.85. The minimum absolute atomic E-state index is 0.780. The molecule has 0 bridgehead atoms. The van der Waals surface area contributed by atoms with E-state index >= 15 is 0 Å². The molecule has 2 N–H and O–H groups in total. The SMILES string of the molecule is C=C(NC)Nc1cccc2cnc(C)cc12. The molecule has 0 saturated carbocycles. The van der Waals surface area contributed by atoms with Gasteiger partial charge in [-0.15, -0.1) is 0 Å². The molecule has 2 aromatic rings. The number of nitrogens with zero attached hydrogens (tertiary/aromatic N) is 1. The van der Waals surface area contributed by atoms with Gasteiger partial charge in [-0.1, -0.05) is 18.7 Å². The van der Waals surface area contributed by atoms with Crippen molar-refractivity contribution in [3.05, 3.63) is 48.6 Å². The van der Waals surface area contributed by atoms with Gasteiger partial charge in [0.05, 0.1) is 5.82 Å². The van der Waals surface area contributed by atoms with Crippen molar-refractivity contribution in [1.82, 2.24) is 10.3 Å². The third-order valence-corrected chi connectivity index (χ3v) is 2.49. The minimum atomic E-state index is 0.780. The number of fused-ring (bicyclic) bond motifs is 1. The normalized spacial score (nSPS) is 10.1. The molecule has 0 aliphatic rings. The van der Waals surface area contributed by atoms with Crippen LogP contribution in [0.2, 0.25) is 0 Å². The summed E-state index contributed by atoms with van der Waals surface area (Å²) in [7, 11) is 1.84. The highest BCUT2D eigenvalue weighted by Crippen LogP contribution is 2.23. The van der Waals surface area contributed by atoms with Crippen molar-refractivity contribution in [2.45, 2.75) is 6.92 Å². The van der Waals surface area contributed by atoms with Crippen LogP contribution < -0.4 is 10.6 Å². The second kappa shape index (κ2) is 4.23. The number of rotatable bonds is 3. The Morgan fingerprint density at radius 3 is 2.94 bits per heavy atom. The lowest BCUT2D eigenvalue weighted by Crippen LogP contribution is -2.13. The Morgan fingerprint density at radius 2 is 2.19 bits per heavy atom. The number of benzene rings is 1. The molecule has 0 saturated heterocycles. The molecule has 16 heavy (non-hydrogen) atoms. The van der Waals surface area contributed by atoms with E-state index in [1.54, 1.807) is 0 Å². The van der Waals surface area contributed by atoms with Crippen molar-refractivity contribution >= 4 is 16.5 Å². The first-order chi connectivity index (χ1) is 7.70. The predicted molar refractivity (Wildman–Crippen MR) is 68.3 cm³/mol. The number of anilines is 1. The monoisotopic (exact) mass is 213 g/mol. The van der Waals surface area contributed by atoms with Crippen LogP contribution in [0.3, 0.4) is 0 Å². The van der Waals surface area contributed by atoms with Crippen molar-refractivity contribution in [1.29, 1.82) is 0 Å². The first kappa shape index (κ1) is 10.5. The quantitative estimate of drug-likeness (QED) is 0.823. The lowest BCUT2D eigenvalue weighted by molar-refractivity contribution is 1.01. The number of aryl methyl sites for hydroxylation is 1. The molecule has 2 rings (SSSR count). The molecule has 82 valence electrons. The molecule has 1 aromatic carbocycles. The van der Waals surface area contributed by atoms with Crippen molar-refractivity contribution in [3.63, 3.8) is 0 Å². The fraction of sp³-hybridized carbons (Fsp3) is 0.154. The second-order valence-electron chi connectivity index (χ2n) is 3.71. The lowest BCUT2D eigenvalue weighted by atomic mass is 10.1. The lowest BCUT2D eigenvalue weighted by Gasteiger charge is -2.11. The summed E-state index contributed by atoms with van der Waals surface area (Å²) in [4.78, 5) is 4.28. The van der Waals surface area contributed by atoms with Gasteiger partial charge in [0.2, 0.25) is 0 Å². The van der Waals surface area contributed by atoms with Crippen LogP contribution in [0.1, 0.15) is 5.69 Å². The molecule has 3 heteroatoms. The zero-order valence-electron chi connectivity index (χ0n) is 9.54. The van der Waals surface area contributed by atoms with Gasteiger partial charge in [0.15, 0.2) is 0 Å². The first-order valence-corrected chi connectivity index (χ1v) is 5.20. The van der Waals surface area contributed by atoms with Crippen LogP contribution in [0.4, 0.5) is 5.69 Å². The van der Waals surface area contributed by atoms with Crippen LogP contribution in [-0.4, -0.2) is 12.0 Å². The van der Waals surface area contributed by atoms with Crippen LogP contribution in [0.15, 0.2) is 42.9 Å². The molecular weight excluding hydrogens is 198 g/mol. The molecular formula is C13H15N3. The summed E-state index contributed by atoms with van der Waals surface area (Å²) >= 11 is 0. The van der Waals surface area contributed by atoms with Gasteiger partial charge in [-0.05, 0) is 19.1 Å². The van der Waals surface area contributed by atoms with Gasteiger partial charge in [-0.2, -0.15) is 0 Å². The summed E-state index contributed by atoms with van der Waals surface area (Å²) in [5, 5.41) is 8.48. The maximum Gasteiger partial charge on any atom is 0.0954 e. The third kappa shape index (κ3) is 1.98. The molecule has 0 fully saturated rings. The minimum Gasteiger partial charge on any atom is -0.375 e. The van der Waals surface area contributed by atoms with E-state index in [-0.39, 0.29) is 0 Å². The molecule has 0 spiro atoms. The van der Waals surface area contributed by atoms with E-state index in [9.17, 15) is 0 Å². The Labute approximate surface area is 95.2 Å². The number of aromatic nitrogens is 1. The van der Waals surface area contributed by atoms with Gasteiger partial charge in [-0.3, -0.25) is 4.98 Å². The Morgan fingerprint density at radius 1 is 1.38 bits per heavy atom. The number of pyridine rings is 1. The van der Waals surface area contributed by atoms with E-state index < -0.39 is 0 Å². The van der Waals surface area contributed by atoms with E-state index in [2.05, 4.69) is 34.3 Å². The Hall–Kier alpha value is -2.03. The van der Waals surface area contributed by atoms with E-state index in [1.165, 1.54) is 0 Å². The Balaban J connectivity index is 2.52. The third-order valence-electron chi connectivity index (χ3n) is 2.49. The van der Waals surface area contributed by atoms with E-state index in [0.29, 0.717) is 0 Å². The van der Waals surface area contributed by atoms with Crippen molar-refractivity contribution in [2.75, 3.05) is 12.4 Å². The van der Waals surface area contributed by atoms with Crippen LogP contribution in [0.5, 0.6) is 0 Å². The summed E-state index contributed by atoms with van der Waals surface area (Å²) in [5.74, 6) is 0.780. The fourth-order valence-corrected chi connectivity index (χ4v) is 1.61. The van der Waals surface area contributed by atoms with Gasteiger partial charge >= 0.3 is 0 Å². The molecule has 3 nitrogen and oxygen atoms in total. The van der Waals surface area contributed by atoms with Crippen molar-refractivity contribution in [3.8, 4) is 0 Å². The van der Waals surface area contributed by atoms with Crippen LogP contribution in [0.25, 0.3) is 10.8 Å². The standard InChI is InChI=1S/C13H15N3/c1-9-7-12-11(8-15-9)5-4-6-13(12)16-10(2)14-3/h4-8,14,16H,2H2,1,3H3. The van der Waals surface area contributed by atoms with Gasteiger partial charge in [0.25, 0.3) is 0 Å². The van der Waals surface area contributed by atoms with Gasteiger partial charge in [0.1, 0.15) is 0 Å². The van der Waals surface area contributed by atoms with Gasteiger partial charge < -0.3 is 10.6 Å². The maximum atomic E-state index is 4.28. The Bertz CT molecular complexity index is 532. The van der Waals surface area contributed by atoms with Crippen LogP contribution >= 0.6 is 0 Å². The molecule has 0 unspecified atom stereocenters. The summed E-state index contributed by atoms with van der Waals surface area (Å²) < 4.78 is 0. The van der Waals surface area contributed by atoms with Crippen molar-refractivity contribution in [2.24, 2.45) is 0 Å². The molecule has 0 aliphatic heterocycles. The second-order valence-corrected chi connectivity index (χ2v) is 3.71. The number of nitrogens with one attached hydrogen (secondary N) is 2. The topological polar surface area (TPSA) is 37.0 Å². The molecule has 0 radical (unpaired) electrons. The zero-order chi connectivity index (χ0) is 11.5. The molecule has 0 aliphatic carbocycles. The largest absolute Gasteiger partial charge is 0.375 e.